The third-order valence-electron chi connectivity index (χ3n) is 1.44. The Hall–Kier alpha value is -0.440. The van der Waals surface area contributed by atoms with E-state index in [2.05, 4.69) is 30.4 Å². The van der Waals surface area contributed by atoms with Gasteiger partial charge in [-0.1, -0.05) is 25.3 Å². The van der Waals surface area contributed by atoms with Crippen LogP contribution in [0.15, 0.2) is 0 Å². The number of hydrogen-bond donors (Lipinski definition) is 0. The highest BCUT2D eigenvalue weighted by atomic mass is 32.1. The summed E-state index contributed by atoms with van der Waals surface area (Å²) in [6.45, 7) is 6.46. The predicted molar refractivity (Wildman–Crippen MR) is 43.4 cm³/mol. The van der Waals surface area contributed by atoms with Crippen molar-refractivity contribution in [1.82, 2.24) is 9.59 Å². The number of aromatic nitrogens is 2. The molecular weight excluding hydrogens is 144 g/mol. The Morgan fingerprint density at radius 1 is 1.50 bits per heavy atom. The molecule has 0 saturated heterocycles. The van der Waals surface area contributed by atoms with Crippen LogP contribution in [0.3, 0.4) is 0 Å². The van der Waals surface area contributed by atoms with Crippen molar-refractivity contribution in [3.8, 4) is 0 Å². The van der Waals surface area contributed by atoms with E-state index < -0.39 is 0 Å². The molecule has 0 saturated carbocycles. The molecule has 56 valence electrons. The van der Waals surface area contributed by atoms with Crippen LogP contribution in [0.25, 0.3) is 0 Å². The molecule has 0 atom stereocenters. The van der Waals surface area contributed by atoms with E-state index in [-0.39, 0.29) is 0 Å². The second-order valence-corrected chi connectivity index (χ2v) is 3.38. The highest BCUT2D eigenvalue weighted by molar-refractivity contribution is 7.05. The summed E-state index contributed by atoms with van der Waals surface area (Å²) in [5.41, 5.74) is 1.17. The van der Waals surface area contributed by atoms with Gasteiger partial charge in [-0.2, -0.15) is 0 Å². The molecule has 0 fully saturated rings. The molecule has 3 heteroatoms. The average molecular weight is 156 g/mol. The standard InChI is InChI=1S/C7H12N2S/c1-4-6-7(5(2)3)10-9-8-6/h5H,4H2,1-3H3. The average Bonchev–Trinajstić information content (AvgIpc) is 2.33. The number of aryl methyl sites for hydroxylation is 1. The van der Waals surface area contributed by atoms with Crippen LogP contribution in [0, 0.1) is 0 Å². The van der Waals surface area contributed by atoms with Gasteiger partial charge in [-0.15, -0.1) is 5.10 Å². The van der Waals surface area contributed by atoms with Gasteiger partial charge in [-0.3, -0.25) is 0 Å². The maximum Gasteiger partial charge on any atom is 0.0787 e. The number of rotatable bonds is 2. The molecule has 1 heterocycles. The molecule has 0 N–H and O–H groups in total. The lowest BCUT2D eigenvalue weighted by Gasteiger charge is -1.99. The highest BCUT2D eigenvalue weighted by Gasteiger charge is 2.08. The largest absolute Gasteiger partial charge is 0.143 e. The fraction of sp³-hybridized carbons (Fsp3) is 0.714. The first kappa shape index (κ1) is 7.66. The van der Waals surface area contributed by atoms with Gasteiger partial charge in [0.05, 0.1) is 10.6 Å². The van der Waals surface area contributed by atoms with Gasteiger partial charge in [0.2, 0.25) is 0 Å². The van der Waals surface area contributed by atoms with E-state index >= 15 is 0 Å². The van der Waals surface area contributed by atoms with Crippen molar-refractivity contribution < 1.29 is 0 Å². The molecule has 0 amide bonds. The molecule has 1 rings (SSSR count). The molecule has 0 aliphatic rings. The number of hydrogen-bond acceptors (Lipinski definition) is 3. The molecule has 1 aromatic rings. The van der Waals surface area contributed by atoms with Gasteiger partial charge in [-0.25, -0.2) is 0 Å². The minimum Gasteiger partial charge on any atom is -0.143 e. The third kappa shape index (κ3) is 1.34. The Morgan fingerprint density at radius 2 is 2.20 bits per heavy atom. The lowest BCUT2D eigenvalue weighted by Crippen LogP contribution is -1.89. The van der Waals surface area contributed by atoms with Gasteiger partial charge in [0.1, 0.15) is 0 Å². The third-order valence-corrected chi connectivity index (χ3v) is 2.51. The van der Waals surface area contributed by atoms with E-state index in [1.54, 1.807) is 0 Å². The summed E-state index contributed by atoms with van der Waals surface area (Å²) >= 11 is 1.52. The van der Waals surface area contributed by atoms with Crippen molar-refractivity contribution in [3.05, 3.63) is 10.6 Å². The van der Waals surface area contributed by atoms with E-state index in [1.165, 1.54) is 22.1 Å². The Kier molecular flexibility index (Phi) is 2.38. The normalized spacial score (nSPS) is 10.8. The van der Waals surface area contributed by atoms with Gasteiger partial charge >= 0.3 is 0 Å². The SMILES string of the molecule is CCc1nnsc1C(C)C. The molecule has 1 aromatic heterocycles. The highest BCUT2D eigenvalue weighted by Crippen LogP contribution is 2.21. The molecular formula is C7H12N2S. The first-order valence-electron chi connectivity index (χ1n) is 3.56. The van der Waals surface area contributed by atoms with Gasteiger partial charge in [0.15, 0.2) is 0 Å². The Labute approximate surface area is 65.4 Å². The van der Waals surface area contributed by atoms with E-state index in [0.29, 0.717) is 5.92 Å². The van der Waals surface area contributed by atoms with Crippen LogP contribution in [0.4, 0.5) is 0 Å². The van der Waals surface area contributed by atoms with Crippen molar-refractivity contribution in [2.75, 3.05) is 0 Å². The zero-order valence-corrected chi connectivity index (χ0v) is 7.40. The van der Waals surface area contributed by atoms with Crippen LogP contribution in [0.1, 0.15) is 37.3 Å². The maximum atomic E-state index is 4.02. The maximum absolute atomic E-state index is 4.02. The Bertz CT molecular complexity index is 205. The fourth-order valence-corrected chi connectivity index (χ4v) is 1.63. The van der Waals surface area contributed by atoms with E-state index in [4.69, 9.17) is 0 Å². The molecule has 0 bridgehead atoms. The minimum atomic E-state index is 0.579. The molecule has 0 spiro atoms. The number of nitrogens with zero attached hydrogens (tertiary/aromatic N) is 2. The monoisotopic (exact) mass is 156 g/mol. The minimum absolute atomic E-state index is 0.579. The zero-order chi connectivity index (χ0) is 7.56. The molecule has 0 unspecified atom stereocenters. The van der Waals surface area contributed by atoms with Crippen LogP contribution in [-0.2, 0) is 6.42 Å². The summed E-state index contributed by atoms with van der Waals surface area (Å²) in [5.74, 6) is 0.579. The Morgan fingerprint density at radius 3 is 2.60 bits per heavy atom. The Balaban J connectivity index is 2.90. The van der Waals surface area contributed by atoms with Crippen molar-refractivity contribution in [3.63, 3.8) is 0 Å². The summed E-state index contributed by atoms with van der Waals surface area (Å²) in [6, 6.07) is 0. The van der Waals surface area contributed by atoms with Crippen LogP contribution >= 0.6 is 11.5 Å². The summed E-state index contributed by atoms with van der Waals surface area (Å²) in [7, 11) is 0. The van der Waals surface area contributed by atoms with Crippen molar-refractivity contribution in [2.24, 2.45) is 0 Å². The van der Waals surface area contributed by atoms with Crippen LogP contribution in [-0.4, -0.2) is 9.59 Å². The lowest BCUT2D eigenvalue weighted by atomic mass is 10.1. The van der Waals surface area contributed by atoms with Gasteiger partial charge in [0.25, 0.3) is 0 Å². The first-order chi connectivity index (χ1) is 4.75. The van der Waals surface area contributed by atoms with Crippen molar-refractivity contribution in [1.29, 1.82) is 0 Å². The lowest BCUT2D eigenvalue weighted by molar-refractivity contribution is 0.849. The summed E-state index contributed by atoms with van der Waals surface area (Å²) < 4.78 is 3.91. The van der Waals surface area contributed by atoms with Crippen molar-refractivity contribution >= 4 is 11.5 Å². The summed E-state index contributed by atoms with van der Waals surface area (Å²) in [4.78, 5) is 1.34. The quantitative estimate of drug-likeness (QED) is 0.656. The van der Waals surface area contributed by atoms with E-state index in [0.717, 1.165) is 6.42 Å². The van der Waals surface area contributed by atoms with Crippen LogP contribution in [0.5, 0.6) is 0 Å². The fourth-order valence-electron chi connectivity index (χ4n) is 0.899. The van der Waals surface area contributed by atoms with Gasteiger partial charge in [-0.05, 0) is 23.9 Å². The van der Waals surface area contributed by atoms with Gasteiger partial charge < -0.3 is 0 Å². The molecule has 0 aromatic carbocycles. The van der Waals surface area contributed by atoms with E-state index in [1.807, 2.05) is 0 Å². The second kappa shape index (κ2) is 3.10. The molecule has 2 nitrogen and oxygen atoms in total. The summed E-state index contributed by atoms with van der Waals surface area (Å²) in [6.07, 6.45) is 1.00. The second-order valence-electron chi connectivity index (χ2n) is 2.59. The van der Waals surface area contributed by atoms with Crippen LogP contribution < -0.4 is 0 Å². The summed E-state index contributed by atoms with van der Waals surface area (Å²) in [5, 5.41) is 4.02. The molecule has 10 heavy (non-hydrogen) atoms. The first-order valence-corrected chi connectivity index (χ1v) is 4.34. The zero-order valence-electron chi connectivity index (χ0n) is 6.59. The molecule has 0 aliphatic heterocycles. The molecule has 0 radical (unpaired) electrons. The molecule has 0 aliphatic carbocycles. The van der Waals surface area contributed by atoms with Crippen molar-refractivity contribution in [2.45, 2.75) is 33.1 Å². The smallest absolute Gasteiger partial charge is 0.0787 e. The predicted octanol–water partition coefficient (Wildman–Crippen LogP) is 2.22. The van der Waals surface area contributed by atoms with Crippen LogP contribution in [0.2, 0.25) is 0 Å². The van der Waals surface area contributed by atoms with E-state index in [9.17, 15) is 0 Å². The van der Waals surface area contributed by atoms with Gasteiger partial charge in [0, 0.05) is 0 Å². The topological polar surface area (TPSA) is 25.8 Å².